The number of nitrogens with zero attached hydrogens (tertiary/aromatic N) is 4. The lowest BCUT2D eigenvalue weighted by atomic mass is 10.3. The van der Waals surface area contributed by atoms with Gasteiger partial charge in [0.25, 0.3) is 0 Å². The Morgan fingerprint density at radius 1 is 1.50 bits per heavy atom. The van der Waals surface area contributed by atoms with Crippen LogP contribution in [-0.4, -0.2) is 31.7 Å². The third kappa shape index (κ3) is 2.39. The summed E-state index contributed by atoms with van der Waals surface area (Å²) in [6.45, 7) is 0. The van der Waals surface area contributed by atoms with E-state index in [0.29, 0.717) is 5.82 Å². The first kappa shape index (κ1) is 12.3. The summed E-state index contributed by atoms with van der Waals surface area (Å²) in [4.78, 5) is 18.3. The average molecular weight is 260 g/mol. The second-order valence-corrected chi connectivity index (χ2v) is 3.47. The normalized spacial score (nSPS) is 11.8. The van der Waals surface area contributed by atoms with Crippen LogP contribution in [0.1, 0.15) is 5.89 Å². The lowest BCUT2D eigenvalue weighted by Crippen LogP contribution is -2.24. The van der Waals surface area contributed by atoms with Crippen LogP contribution in [0.5, 0.6) is 0 Å². The molecular formula is C9H7F3N4O2. The van der Waals surface area contributed by atoms with Crippen molar-refractivity contribution < 1.29 is 22.5 Å². The van der Waals surface area contributed by atoms with Gasteiger partial charge in [-0.25, -0.2) is 4.98 Å². The molecule has 0 N–H and O–H groups in total. The summed E-state index contributed by atoms with van der Waals surface area (Å²) in [5.74, 6) is -1.95. The van der Waals surface area contributed by atoms with E-state index in [4.69, 9.17) is 0 Å². The molecule has 18 heavy (non-hydrogen) atoms. The molecule has 0 saturated heterocycles. The topological polar surface area (TPSA) is 73.8 Å². The summed E-state index contributed by atoms with van der Waals surface area (Å²) in [5, 5.41) is 3.47. The monoisotopic (exact) mass is 260 g/mol. The van der Waals surface area contributed by atoms with Crippen molar-refractivity contribution in [1.29, 1.82) is 0 Å². The summed E-state index contributed by atoms with van der Waals surface area (Å²) in [7, 11) is 1.67. The van der Waals surface area contributed by atoms with Gasteiger partial charge in [-0.2, -0.15) is 18.2 Å². The van der Waals surface area contributed by atoms with Crippen molar-refractivity contribution in [3.63, 3.8) is 0 Å². The molecular weight excluding hydrogens is 253 g/mol. The molecule has 0 aromatic carbocycles. The Kier molecular flexibility index (Phi) is 2.89. The van der Waals surface area contributed by atoms with E-state index in [-0.39, 0.29) is 5.82 Å². The van der Waals surface area contributed by atoms with Gasteiger partial charge in [0.2, 0.25) is 17.5 Å². The van der Waals surface area contributed by atoms with Gasteiger partial charge in [0.15, 0.2) is 5.82 Å². The first-order valence-electron chi connectivity index (χ1n) is 4.78. The average Bonchev–Trinajstić information content (AvgIpc) is 2.85. The molecule has 0 atom stereocenters. The lowest BCUT2D eigenvalue weighted by Gasteiger charge is -2.00. The molecule has 9 heteroatoms. The second-order valence-electron chi connectivity index (χ2n) is 3.47. The fraction of sp³-hybridized carbons (Fsp3) is 0.333. The molecule has 2 aromatic heterocycles. The van der Waals surface area contributed by atoms with Crippen molar-refractivity contribution >= 4 is 5.78 Å². The number of hydrogen-bond donors (Lipinski definition) is 0. The van der Waals surface area contributed by atoms with Crippen molar-refractivity contribution in [3.8, 4) is 11.6 Å². The van der Waals surface area contributed by atoms with E-state index in [1.165, 1.54) is 6.20 Å². The van der Waals surface area contributed by atoms with E-state index in [2.05, 4.69) is 19.6 Å². The summed E-state index contributed by atoms with van der Waals surface area (Å²) in [6.07, 6.45) is -2.78. The van der Waals surface area contributed by atoms with Gasteiger partial charge in [0.05, 0.1) is 6.42 Å². The van der Waals surface area contributed by atoms with Gasteiger partial charge in [-0.05, 0) is 0 Å². The molecule has 0 aliphatic heterocycles. The van der Waals surface area contributed by atoms with Gasteiger partial charge in [0, 0.05) is 19.4 Å². The van der Waals surface area contributed by atoms with Gasteiger partial charge in [-0.15, -0.1) is 0 Å². The van der Waals surface area contributed by atoms with E-state index >= 15 is 0 Å². The predicted octanol–water partition coefficient (Wildman–Crippen LogP) is 1.14. The fourth-order valence-corrected chi connectivity index (χ4v) is 1.24. The van der Waals surface area contributed by atoms with E-state index in [1.807, 2.05) is 0 Å². The van der Waals surface area contributed by atoms with Crippen LogP contribution >= 0.6 is 0 Å². The van der Waals surface area contributed by atoms with Crippen LogP contribution in [0.4, 0.5) is 13.2 Å². The van der Waals surface area contributed by atoms with E-state index in [0.717, 1.165) is 0 Å². The van der Waals surface area contributed by atoms with Gasteiger partial charge in [-0.3, -0.25) is 4.79 Å². The van der Waals surface area contributed by atoms with Crippen molar-refractivity contribution in [3.05, 3.63) is 18.3 Å². The molecule has 6 nitrogen and oxygen atoms in total. The molecule has 2 rings (SSSR count). The molecule has 0 fully saturated rings. The van der Waals surface area contributed by atoms with Crippen molar-refractivity contribution in [2.75, 3.05) is 0 Å². The largest absolute Gasteiger partial charge is 0.450 e. The first-order valence-corrected chi connectivity index (χ1v) is 4.78. The van der Waals surface area contributed by atoms with Crippen LogP contribution in [0, 0.1) is 0 Å². The number of halogens is 3. The Morgan fingerprint density at radius 2 is 2.22 bits per heavy atom. The van der Waals surface area contributed by atoms with Crippen LogP contribution in [0.3, 0.4) is 0 Å². The first-order chi connectivity index (χ1) is 8.38. The number of rotatable bonds is 3. The molecule has 0 unspecified atom stereocenters. The molecule has 2 aromatic rings. The minimum atomic E-state index is -4.90. The molecule has 0 aliphatic rings. The zero-order valence-electron chi connectivity index (χ0n) is 9.10. The Hall–Kier alpha value is -2.19. The van der Waals surface area contributed by atoms with Crippen LogP contribution < -0.4 is 0 Å². The van der Waals surface area contributed by atoms with Crippen LogP contribution in [0.2, 0.25) is 0 Å². The molecule has 0 aliphatic carbocycles. The zero-order valence-corrected chi connectivity index (χ0v) is 9.10. The smallest absolute Gasteiger partial charge is 0.338 e. The fourth-order valence-electron chi connectivity index (χ4n) is 1.24. The number of carbonyl (C=O) groups is 1. The van der Waals surface area contributed by atoms with Gasteiger partial charge in [0.1, 0.15) is 0 Å². The molecule has 0 spiro atoms. The summed E-state index contributed by atoms with van der Waals surface area (Å²) in [5.41, 5.74) is 0. The highest BCUT2D eigenvalue weighted by Crippen LogP contribution is 2.19. The van der Waals surface area contributed by atoms with Crippen LogP contribution in [0.15, 0.2) is 16.9 Å². The number of alkyl halides is 3. The number of carbonyl (C=O) groups excluding carboxylic acids is 1. The lowest BCUT2D eigenvalue weighted by molar-refractivity contribution is -0.170. The number of Topliss-reactive ketones (excluding diaryl/α,β-unsaturated/α-hetero) is 1. The highest BCUT2D eigenvalue weighted by atomic mass is 19.4. The number of aromatic nitrogens is 4. The molecule has 0 saturated carbocycles. The quantitative estimate of drug-likeness (QED) is 0.827. The maximum absolute atomic E-state index is 12.0. The Labute approximate surface area is 98.4 Å². The maximum Gasteiger partial charge on any atom is 0.450 e. The van der Waals surface area contributed by atoms with E-state index < -0.39 is 24.3 Å². The van der Waals surface area contributed by atoms with Crippen molar-refractivity contribution in [2.45, 2.75) is 12.6 Å². The third-order valence-corrected chi connectivity index (χ3v) is 2.12. The molecule has 0 bridgehead atoms. The Morgan fingerprint density at radius 3 is 2.78 bits per heavy atom. The molecule has 96 valence electrons. The number of aryl methyl sites for hydroxylation is 1. The van der Waals surface area contributed by atoms with E-state index in [1.54, 1.807) is 17.8 Å². The zero-order chi connectivity index (χ0) is 13.3. The Bertz CT molecular complexity index is 572. The van der Waals surface area contributed by atoms with Crippen LogP contribution in [0.25, 0.3) is 11.6 Å². The predicted molar refractivity (Wildman–Crippen MR) is 51.3 cm³/mol. The number of imidazole rings is 1. The van der Waals surface area contributed by atoms with Gasteiger partial charge >= 0.3 is 6.18 Å². The Balaban J connectivity index is 2.17. The highest BCUT2D eigenvalue weighted by Gasteiger charge is 2.39. The molecule has 0 radical (unpaired) electrons. The van der Waals surface area contributed by atoms with Crippen LogP contribution in [-0.2, 0) is 18.3 Å². The highest BCUT2D eigenvalue weighted by molar-refractivity contribution is 5.85. The van der Waals surface area contributed by atoms with Crippen molar-refractivity contribution in [2.24, 2.45) is 7.05 Å². The van der Waals surface area contributed by atoms with Gasteiger partial charge < -0.3 is 9.09 Å². The summed E-state index contributed by atoms with van der Waals surface area (Å²) >= 11 is 0. The van der Waals surface area contributed by atoms with Gasteiger partial charge in [-0.1, -0.05) is 5.16 Å². The number of ketones is 1. The minimum absolute atomic E-state index is 0.0347. The maximum atomic E-state index is 12.0. The third-order valence-electron chi connectivity index (χ3n) is 2.12. The van der Waals surface area contributed by atoms with E-state index in [9.17, 15) is 18.0 Å². The van der Waals surface area contributed by atoms with Crippen molar-refractivity contribution in [1.82, 2.24) is 19.7 Å². The molecule has 0 amide bonds. The molecule has 2 heterocycles. The second kappa shape index (κ2) is 4.24. The minimum Gasteiger partial charge on any atom is -0.338 e. The number of hydrogen-bond acceptors (Lipinski definition) is 5. The standard InChI is InChI=1S/C9H7F3N4O2/c1-16-3-2-13-8(16)7-14-6(18-15-7)4-5(17)9(10,11)12/h2-3H,4H2,1H3. The summed E-state index contributed by atoms with van der Waals surface area (Å²) in [6, 6.07) is 0. The summed E-state index contributed by atoms with van der Waals surface area (Å²) < 4.78 is 42.2. The SMILES string of the molecule is Cn1ccnc1-c1noc(CC(=O)C(F)(F)F)n1.